The molecule has 1 aliphatic carbocycles. The van der Waals surface area contributed by atoms with Gasteiger partial charge < -0.3 is 4.52 Å². The van der Waals surface area contributed by atoms with Crippen molar-refractivity contribution in [3.63, 3.8) is 0 Å². The maximum atomic E-state index is 13.4. The van der Waals surface area contributed by atoms with Crippen molar-refractivity contribution in [2.75, 3.05) is 0 Å². The van der Waals surface area contributed by atoms with E-state index in [1.54, 1.807) is 19.9 Å². The van der Waals surface area contributed by atoms with Crippen molar-refractivity contribution >= 4 is 7.37 Å². The highest BCUT2D eigenvalue weighted by molar-refractivity contribution is 7.61. The van der Waals surface area contributed by atoms with E-state index in [-0.39, 0.29) is 22.7 Å². The summed E-state index contributed by atoms with van der Waals surface area (Å²) in [6.45, 7) is 13.2. The minimum absolute atomic E-state index is 0.0193. The Morgan fingerprint density at radius 2 is 1.90 bits per heavy atom. The van der Waals surface area contributed by atoms with Gasteiger partial charge in [-0.05, 0) is 47.0 Å². The molecule has 0 radical (unpaired) electrons. The molecule has 0 N–H and O–H groups in total. The third kappa shape index (κ3) is 3.20. The van der Waals surface area contributed by atoms with E-state index in [9.17, 15) is 4.57 Å². The molecule has 1 saturated carbocycles. The first-order valence-electron chi connectivity index (χ1n) is 6.92. The van der Waals surface area contributed by atoms with Crippen LogP contribution in [0, 0.1) is 36.0 Å². The Kier molecular flexibility index (Phi) is 4.65. The zero-order valence-corrected chi connectivity index (χ0v) is 14.0. The molecule has 110 valence electrons. The van der Waals surface area contributed by atoms with Gasteiger partial charge in [-0.25, -0.2) is 0 Å². The summed E-state index contributed by atoms with van der Waals surface area (Å²) in [6.07, 6.45) is 13.6. The fourth-order valence-electron chi connectivity index (χ4n) is 2.44. The summed E-state index contributed by atoms with van der Waals surface area (Å²) in [6, 6.07) is 0. The van der Waals surface area contributed by atoms with Crippen LogP contribution in [0.5, 0.6) is 0 Å². The molecule has 0 bridgehead atoms. The maximum absolute atomic E-state index is 13.4. The van der Waals surface area contributed by atoms with E-state index in [0.29, 0.717) is 0 Å². The Morgan fingerprint density at radius 3 is 2.30 bits per heavy atom. The number of rotatable bonds is 6. The quantitative estimate of drug-likeness (QED) is 0.414. The van der Waals surface area contributed by atoms with Crippen LogP contribution in [-0.4, -0.2) is 16.9 Å². The molecule has 0 aromatic rings. The Hall–Kier alpha value is -0.950. The Balaban J connectivity index is 3.07. The summed E-state index contributed by atoms with van der Waals surface area (Å²) < 4.78 is 19.3. The van der Waals surface area contributed by atoms with Gasteiger partial charge >= 0.3 is 0 Å². The van der Waals surface area contributed by atoms with Crippen molar-refractivity contribution in [3.05, 3.63) is 12.7 Å². The molecule has 0 amide bonds. The molecule has 1 rings (SSSR count). The van der Waals surface area contributed by atoms with Crippen LogP contribution >= 0.6 is 7.37 Å². The number of allylic oxidation sites excluding steroid dienone is 1. The minimum Gasteiger partial charge on any atom is -0.309 e. The van der Waals surface area contributed by atoms with Crippen molar-refractivity contribution in [2.24, 2.45) is 11.3 Å². The fourth-order valence-corrected chi connectivity index (χ4v) is 5.81. The molecule has 1 fully saturated rings. The van der Waals surface area contributed by atoms with Crippen LogP contribution in [0.25, 0.3) is 0 Å². The Labute approximate surface area is 123 Å². The van der Waals surface area contributed by atoms with Gasteiger partial charge in [0.1, 0.15) is 5.60 Å². The third-order valence-electron chi connectivity index (χ3n) is 4.15. The van der Waals surface area contributed by atoms with Crippen molar-refractivity contribution in [1.29, 1.82) is 0 Å². The summed E-state index contributed by atoms with van der Waals surface area (Å²) in [5.41, 5.74) is -1.36. The SMILES string of the molecule is C#CC(C)(C)OP(=O)(C(C)C=C)C1CC1C(C)(C)C#C. The van der Waals surface area contributed by atoms with Gasteiger partial charge in [-0.15, -0.1) is 25.3 Å². The number of hydrogen-bond donors (Lipinski definition) is 0. The lowest BCUT2D eigenvalue weighted by Gasteiger charge is -2.31. The van der Waals surface area contributed by atoms with Crippen LogP contribution in [0.15, 0.2) is 12.7 Å². The van der Waals surface area contributed by atoms with Gasteiger partial charge in [0.2, 0.25) is 7.37 Å². The number of terminal acetylenes is 2. The monoisotopic (exact) mass is 292 g/mol. The predicted octanol–water partition coefficient (Wildman–Crippen LogP) is 4.32. The molecule has 4 atom stereocenters. The van der Waals surface area contributed by atoms with Gasteiger partial charge in [-0.3, -0.25) is 4.57 Å². The van der Waals surface area contributed by atoms with Gasteiger partial charge in [0.05, 0.1) is 5.66 Å². The molecule has 2 nitrogen and oxygen atoms in total. The minimum atomic E-state index is -2.93. The first-order valence-corrected chi connectivity index (χ1v) is 8.68. The largest absolute Gasteiger partial charge is 0.309 e. The fraction of sp³-hybridized carbons (Fsp3) is 0.647. The van der Waals surface area contributed by atoms with Crippen molar-refractivity contribution in [2.45, 2.75) is 58.0 Å². The first-order chi connectivity index (χ1) is 9.04. The van der Waals surface area contributed by atoms with Crippen LogP contribution in [-0.2, 0) is 9.09 Å². The molecular weight excluding hydrogens is 267 g/mol. The lowest BCUT2D eigenvalue weighted by Crippen LogP contribution is -2.25. The second kappa shape index (κ2) is 5.44. The normalized spacial score (nSPS) is 26.8. The molecule has 3 heteroatoms. The standard InChI is InChI=1S/C17H25O2P/c1-9-13(4)20(18,19-17(7,8)11-3)15-12-14(15)16(5,6)10-2/h2-3,9,13-15H,1,12H2,4-8H3. The molecule has 4 unspecified atom stereocenters. The van der Waals surface area contributed by atoms with Gasteiger partial charge in [-0.2, -0.15) is 0 Å². The van der Waals surface area contributed by atoms with Gasteiger partial charge in [0.25, 0.3) is 0 Å². The Bertz CT molecular complexity index is 516. The second-order valence-corrected chi connectivity index (χ2v) is 9.59. The summed E-state index contributed by atoms with van der Waals surface area (Å²) in [7, 11) is -2.93. The molecular formula is C17H25O2P. The maximum Gasteiger partial charge on any atom is 0.214 e. The van der Waals surface area contributed by atoms with Crippen molar-refractivity contribution in [1.82, 2.24) is 0 Å². The highest BCUT2D eigenvalue weighted by Gasteiger charge is 2.59. The third-order valence-corrected chi connectivity index (χ3v) is 7.73. The zero-order valence-electron chi connectivity index (χ0n) is 13.1. The highest BCUT2D eigenvalue weighted by atomic mass is 31.2. The molecule has 0 heterocycles. The lowest BCUT2D eigenvalue weighted by atomic mass is 9.89. The predicted molar refractivity (Wildman–Crippen MR) is 85.8 cm³/mol. The van der Waals surface area contributed by atoms with E-state index < -0.39 is 13.0 Å². The van der Waals surface area contributed by atoms with Crippen LogP contribution in [0.2, 0.25) is 0 Å². The molecule has 0 spiro atoms. The van der Waals surface area contributed by atoms with E-state index >= 15 is 0 Å². The molecule has 0 aliphatic heterocycles. The molecule has 20 heavy (non-hydrogen) atoms. The van der Waals surface area contributed by atoms with E-state index in [0.717, 1.165) is 6.42 Å². The van der Waals surface area contributed by atoms with Crippen molar-refractivity contribution in [3.8, 4) is 24.7 Å². The van der Waals surface area contributed by atoms with Crippen molar-refractivity contribution < 1.29 is 9.09 Å². The van der Waals surface area contributed by atoms with Crippen LogP contribution < -0.4 is 0 Å². The average Bonchev–Trinajstić information content (AvgIpc) is 3.18. The van der Waals surface area contributed by atoms with Gasteiger partial charge in [0, 0.05) is 11.1 Å². The Morgan fingerprint density at radius 1 is 1.35 bits per heavy atom. The molecule has 0 aromatic heterocycles. The summed E-state index contributed by atoms with van der Waals surface area (Å²) in [5.74, 6) is 5.57. The smallest absolute Gasteiger partial charge is 0.214 e. The van der Waals surface area contributed by atoms with Gasteiger partial charge in [-0.1, -0.05) is 12.0 Å². The van der Waals surface area contributed by atoms with E-state index in [2.05, 4.69) is 18.4 Å². The highest BCUT2D eigenvalue weighted by Crippen LogP contribution is 2.71. The summed E-state index contributed by atoms with van der Waals surface area (Å²) in [5, 5.41) is 0. The first kappa shape index (κ1) is 17.1. The topological polar surface area (TPSA) is 26.3 Å². The summed E-state index contributed by atoms with van der Waals surface area (Å²) in [4.78, 5) is 0. The second-order valence-electron chi connectivity index (χ2n) is 6.64. The molecule has 0 aromatic carbocycles. The van der Waals surface area contributed by atoms with E-state index in [1.165, 1.54) is 0 Å². The van der Waals surface area contributed by atoms with Crippen LogP contribution in [0.3, 0.4) is 0 Å². The van der Waals surface area contributed by atoms with Crippen LogP contribution in [0.4, 0.5) is 0 Å². The lowest BCUT2D eigenvalue weighted by molar-refractivity contribution is 0.172. The van der Waals surface area contributed by atoms with Crippen LogP contribution in [0.1, 0.15) is 41.0 Å². The summed E-state index contributed by atoms with van der Waals surface area (Å²) >= 11 is 0. The zero-order chi connectivity index (χ0) is 15.8. The molecule has 0 saturated heterocycles. The molecule has 1 aliphatic rings. The van der Waals surface area contributed by atoms with E-state index in [1.807, 2.05) is 20.8 Å². The average molecular weight is 292 g/mol. The van der Waals surface area contributed by atoms with E-state index in [4.69, 9.17) is 17.4 Å². The number of hydrogen-bond acceptors (Lipinski definition) is 2. The van der Waals surface area contributed by atoms with Gasteiger partial charge in [0.15, 0.2) is 0 Å².